The van der Waals surface area contributed by atoms with E-state index in [-0.39, 0.29) is 29.6 Å². The maximum atomic E-state index is 13.0. The van der Waals surface area contributed by atoms with E-state index in [0.29, 0.717) is 6.34 Å². The number of carbonyl (C=O) groups is 3. The highest BCUT2D eigenvalue weighted by molar-refractivity contribution is 6.10. The molecule has 7 N–H and O–H groups in total. The fourth-order valence-electron chi connectivity index (χ4n) is 4.94. The molecular formula is C29H42N6O8. The van der Waals surface area contributed by atoms with E-state index in [0.717, 1.165) is 25.7 Å². The summed E-state index contributed by atoms with van der Waals surface area (Å²) < 4.78 is 17.1. The molecule has 1 amide bonds. The number of esters is 2. The Balaban J connectivity index is 1.91. The Morgan fingerprint density at radius 3 is 2.51 bits per heavy atom. The summed E-state index contributed by atoms with van der Waals surface area (Å²) >= 11 is 0. The number of aromatic nitrogens is 1. The molecule has 14 nitrogen and oxygen atoms in total. The van der Waals surface area contributed by atoms with Crippen LogP contribution in [0.15, 0.2) is 17.1 Å². The average Bonchev–Trinajstić information content (AvgIpc) is 3.67. The first-order valence-corrected chi connectivity index (χ1v) is 14.2. The summed E-state index contributed by atoms with van der Waals surface area (Å²) in [4.78, 5) is 44.6. The van der Waals surface area contributed by atoms with Gasteiger partial charge in [0.25, 0.3) is 5.91 Å². The number of amides is 1. The summed E-state index contributed by atoms with van der Waals surface area (Å²) in [7, 11) is 0. The van der Waals surface area contributed by atoms with E-state index in [1.54, 1.807) is 20.8 Å². The van der Waals surface area contributed by atoms with Crippen LogP contribution in [0.5, 0.6) is 0 Å². The number of nitriles is 1. The summed E-state index contributed by atoms with van der Waals surface area (Å²) in [6.45, 7) is 7.37. The summed E-state index contributed by atoms with van der Waals surface area (Å²) in [6.07, 6.45) is 0.459. The van der Waals surface area contributed by atoms with Crippen LogP contribution in [-0.2, 0) is 34.2 Å². The lowest BCUT2D eigenvalue weighted by molar-refractivity contribution is -0.163. The Morgan fingerprint density at radius 1 is 1.30 bits per heavy atom. The number of H-pyrrole nitrogens is 1. The second kappa shape index (κ2) is 13.3. The van der Waals surface area contributed by atoms with Crippen molar-refractivity contribution in [2.24, 2.45) is 22.1 Å². The van der Waals surface area contributed by atoms with Crippen LogP contribution in [-0.4, -0.2) is 81.8 Å². The molecule has 1 aliphatic carbocycles. The zero-order valence-corrected chi connectivity index (χ0v) is 25.2. The van der Waals surface area contributed by atoms with Gasteiger partial charge in [-0.25, -0.2) is 4.99 Å². The number of hydrogen-bond donors (Lipinski definition) is 6. The third-order valence-electron chi connectivity index (χ3n) is 7.70. The van der Waals surface area contributed by atoms with Crippen LogP contribution in [0.1, 0.15) is 78.1 Å². The maximum Gasteiger partial charge on any atom is 0.323 e. The van der Waals surface area contributed by atoms with Gasteiger partial charge in [0.05, 0.1) is 11.4 Å². The van der Waals surface area contributed by atoms with Gasteiger partial charge < -0.3 is 40.5 Å². The van der Waals surface area contributed by atoms with E-state index < -0.39 is 65.4 Å². The highest BCUT2D eigenvalue weighted by Crippen LogP contribution is 2.41. The molecule has 0 spiro atoms. The minimum atomic E-state index is -2.13. The highest BCUT2D eigenvalue weighted by Gasteiger charge is 2.59. The van der Waals surface area contributed by atoms with Gasteiger partial charge in [-0.15, -0.1) is 0 Å². The number of hydrogen-bond acceptors (Lipinski definition) is 11. The summed E-state index contributed by atoms with van der Waals surface area (Å²) in [5.41, 5.74) is 1.65. The largest absolute Gasteiger partial charge is 0.463 e. The summed E-state index contributed by atoms with van der Waals surface area (Å²) in [5, 5.41) is 41.6. The number of aliphatic imine (C=N–C) groups is 1. The van der Waals surface area contributed by atoms with E-state index in [1.165, 1.54) is 26.0 Å². The molecule has 3 rings (SSSR count). The normalized spacial score (nSPS) is 25.6. The molecule has 2 aliphatic rings. The number of ether oxygens (including phenoxy) is 3. The first kappa shape index (κ1) is 33.9. The SMILES string of the molecule is CC(C)(O)C(=O)N/C(=N/C=N)c1ccc([C@]2(C#N)O[C@H](COC(=O)CC3CCCC3)[C@@H](OC(=O)[C@H](N)C(C)(C)C)[C@H]2O)[nH]1. The minimum absolute atomic E-state index is 0.00800. The van der Waals surface area contributed by atoms with E-state index >= 15 is 0 Å². The second-order valence-electron chi connectivity index (χ2n) is 12.6. The van der Waals surface area contributed by atoms with Crippen molar-refractivity contribution in [3.8, 4) is 6.07 Å². The van der Waals surface area contributed by atoms with Crippen molar-refractivity contribution in [1.29, 1.82) is 10.7 Å². The fraction of sp³-hybridized carbons (Fsp3) is 0.655. The number of nitrogens with one attached hydrogen (secondary N) is 3. The van der Waals surface area contributed by atoms with E-state index in [2.05, 4.69) is 15.3 Å². The van der Waals surface area contributed by atoms with Gasteiger partial charge in [0.2, 0.25) is 5.60 Å². The molecule has 43 heavy (non-hydrogen) atoms. The molecule has 14 heteroatoms. The van der Waals surface area contributed by atoms with E-state index in [1.807, 2.05) is 6.07 Å². The fourth-order valence-corrected chi connectivity index (χ4v) is 4.94. The van der Waals surface area contributed by atoms with Crippen LogP contribution >= 0.6 is 0 Å². The lowest BCUT2D eigenvalue weighted by Crippen LogP contribution is -2.49. The molecule has 236 valence electrons. The van der Waals surface area contributed by atoms with Gasteiger partial charge in [0, 0.05) is 6.42 Å². The third-order valence-corrected chi connectivity index (χ3v) is 7.70. The second-order valence-corrected chi connectivity index (χ2v) is 12.6. The Hall–Kier alpha value is -3.64. The molecule has 1 aromatic rings. The van der Waals surface area contributed by atoms with Crippen molar-refractivity contribution in [2.45, 2.75) is 102 Å². The zero-order chi connectivity index (χ0) is 32.2. The number of aromatic amines is 1. The van der Waals surface area contributed by atoms with Crippen molar-refractivity contribution in [2.75, 3.05) is 6.61 Å². The first-order chi connectivity index (χ1) is 20.0. The smallest absolute Gasteiger partial charge is 0.323 e. The first-order valence-electron chi connectivity index (χ1n) is 14.2. The Morgan fingerprint density at radius 2 is 1.95 bits per heavy atom. The van der Waals surface area contributed by atoms with Crippen molar-refractivity contribution in [1.82, 2.24) is 10.3 Å². The average molecular weight is 603 g/mol. The quantitative estimate of drug-likeness (QED) is 0.127. The number of nitrogens with zero attached hydrogens (tertiary/aromatic N) is 2. The number of rotatable bonds is 10. The predicted octanol–water partition coefficient (Wildman–Crippen LogP) is 1.14. The lowest BCUT2D eigenvalue weighted by Gasteiger charge is -2.28. The van der Waals surface area contributed by atoms with Gasteiger partial charge >= 0.3 is 11.9 Å². The third kappa shape index (κ3) is 7.85. The number of aliphatic hydroxyl groups excluding tert-OH is 1. The molecule has 1 saturated heterocycles. The Kier molecular flexibility index (Phi) is 10.5. The Labute approximate surface area is 250 Å². The zero-order valence-electron chi connectivity index (χ0n) is 25.2. The Bertz CT molecular complexity index is 1270. The van der Waals surface area contributed by atoms with Crippen LogP contribution in [0.4, 0.5) is 0 Å². The molecule has 0 radical (unpaired) electrons. The van der Waals surface area contributed by atoms with Gasteiger partial charge in [-0.1, -0.05) is 33.6 Å². The molecule has 1 saturated carbocycles. The van der Waals surface area contributed by atoms with E-state index in [9.17, 15) is 29.9 Å². The van der Waals surface area contributed by atoms with Crippen molar-refractivity contribution in [3.63, 3.8) is 0 Å². The van der Waals surface area contributed by atoms with Gasteiger partial charge in [-0.2, -0.15) is 5.26 Å². The number of nitrogens with two attached hydrogens (primary N) is 1. The summed E-state index contributed by atoms with van der Waals surface area (Å²) in [5.74, 6) is -2.03. The molecule has 1 aromatic heterocycles. The van der Waals surface area contributed by atoms with Gasteiger partial charge in [0.15, 0.2) is 11.9 Å². The monoisotopic (exact) mass is 602 g/mol. The molecule has 0 unspecified atom stereocenters. The van der Waals surface area contributed by atoms with E-state index in [4.69, 9.17) is 25.4 Å². The highest BCUT2D eigenvalue weighted by atomic mass is 16.6. The number of amidine groups is 1. The van der Waals surface area contributed by atoms with Crippen LogP contribution < -0.4 is 11.1 Å². The molecule has 0 bridgehead atoms. The van der Waals surface area contributed by atoms with Crippen LogP contribution in [0.25, 0.3) is 0 Å². The van der Waals surface area contributed by atoms with Crippen LogP contribution in [0, 0.1) is 28.1 Å². The van der Waals surface area contributed by atoms with Crippen LogP contribution in [0.3, 0.4) is 0 Å². The standard InChI is InChI=1S/C29H42N6O8/c1-27(2,3)22(32)25(38)42-21-18(13-41-20(36)12-16-8-6-7-9-16)43-29(14-30,23(21)37)19-11-10-17(34-19)24(33-15-31)35-26(39)28(4,5)40/h10-11,15-16,18,21-23,34,37,40H,6-9,12-13,32H2,1-5H3,(H2,31,33,35,39)/t18-,21-,22+,23-,29+/m1/s1. The minimum Gasteiger partial charge on any atom is -0.463 e. The topological polar surface area (TPSA) is 233 Å². The molecule has 2 heterocycles. The predicted molar refractivity (Wildman–Crippen MR) is 154 cm³/mol. The van der Waals surface area contributed by atoms with Gasteiger partial charge in [-0.3, -0.25) is 19.8 Å². The van der Waals surface area contributed by atoms with Crippen molar-refractivity contribution in [3.05, 3.63) is 23.5 Å². The van der Waals surface area contributed by atoms with Crippen molar-refractivity contribution < 1.29 is 38.8 Å². The molecular weight excluding hydrogens is 560 g/mol. The molecule has 1 aliphatic heterocycles. The van der Waals surface area contributed by atoms with Gasteiger partial charge in [-0.05, 0) is 50.2 Å². The van der Waals surface area contributed by atoms with Crippen LogP contribution in [0.2, 0.25) is 0 Å². The summed E-state index contributed by atoms with van der Waals surface area (Å²) in [6, 6.07) is 3.70. The van der Waals surface area contributed by atoms with Gasteiger partial charge in [0.1, 0.15) is 42.9 Å². The lowest BCUT2D eigenvalue weighted by atomic mass is 9.87. The number of carbonyl (C=O) groups excluding carboxylic acids is 3. The van der Waals surface area contributed by atoms with Crippen molar-refractivity contribution >= 4 is 30.0 Å². The maximum absolute atomic E-state index is 13.0. The molecule has 0 aromatic carbocycles. The molecule has 2 fully saturated rings. The molecule has 5 atom stereocenters. The number of aliphatic hydroxyl groups is 2.